The van der Waals surface area contributed by atoms with E-state index < -0.39 is 11.0 Å². The van der Waals surface area contributed by atoms with Crippen molar-refractivity contribution in [3.8, 4) is 0 Å². The summed E-state index contributed by atoms with van der Waals surface area (Å²) in [5.74, 6) is 5.83. The fraction of sp³-hybridized carbons (Fsp3) is 0.700. The highest BCUT2D eigenvalue weighted by atomic mass is 32.2. The zero-order chi connectivity index (χ0) is 30.6. The van der Waals surface area contributed by atoms with Crippen LogP contribution in [0.5, 0.6) is 0 Å². The SMILES string of the molecule is Cc1cc(C)cc([C@@H](c2ccccc2P(C23CC4CC(CC(C4)C2)C3)C23CC4CC(CC(C4)C2)C3)N(C)S(=O)C(C)(C)C)c1. The van der Waals surface area contributed by atoms with Crippen LogP contribution in [0.4, 0.5) is 0 Å². The summed E-state index contributed by atoms with van der Waals surface area (Å²) >= 11 is 0. The van der Waals surface area contributed by atoms with Gasteiger partial charge in [0.15, 0.2) is 0 Å². The summed E-state index contributed by atoms with van der Waals surface area (Å²) in [4.78, 5) is 0. The van der Waals surface area contributed by atoms with Crippen LogP contribution in [0, 0.1) is 49.4 Å². The monoisotopic (exact) mass is 629 g/mol. The number of hydrogen-bond acceptors (Lipinski definition) is 1. The van der Waals surface area contributed by atoms with Gasteiger partial charge in [-0.3, -0.25) is 0 Å². The van der Waals surface area contributed by atoms with E-state index in [1.165, 1.54) is 99.3 Å². The van der Waals surface area contributed by atoms with Crippen LogP contribution in [-0.4, -0.2) is 30.6 Å². The predicted molar refractivity (Wildman–Crippen MR) is 188 cm³/mol. The molecule has 2 atom stereocenters. The van der Waals surface area contributed by atoms with Crippen LogP contribution in [0.3, 0.4) is 0 Å². The molecule has 0 spiro atoms. The Morgan fingerprint density at radius 3 is 1.55 bits per heavy atom. The lowest BCUT2D eigenvalue weighted by Crippen LogP contribution is -2.58. The molecule has 44 heavy (non-hydrogen) atoms. The Balaban J connectivity index is 1.33. The number of nitrogens with zero attached hydrogens (tertiary/aromatic N) is 1. The Hall–Kier alpha value is -1.02. The fourth-order valence-corrected chi connectivity index (χ4v) is 19.5. The first-order valence-electron chi connectivity index (χ1n) is 18.0. The van der Waals surface area contributed by atoms with Crippen molar-refractivity contribution < 1.29 is 4.21 Å². The predicted octanol–water partition coefficient (Wildman–Crippen LogP) is 9.83. The highest BCUT2D eigenvalue weighted by Crippen LogP contribution is 2.78. The van der Waals surface area contributed by atoms with Crippen LogP contribution in [0.15, 0.2) is 42.5 Å². The van der Waals surface area contributed by atoms with E-state index in [1.54, 1.807) is 5.30 Å². The van der Waals surface area contributed by atoms with Crippen molar-refractivity contribution in [2.24, 2.45) is 35.5 Å². The summed E-state index contributed by atoms with van der Waals surface area (Å²) in [6, 6.07) is 16.9. The maximum Gasteiger partial charge on any atom is 0.100 e. The van der Waals surface area contributed by atoms with Crippen LogP contribution < -0.4 is 5.30 Å². The van der Waals surface area contributed by atoms with Gasteiger partial charge in [-0.1, -0.05) is 61.5 Å². The van der Waals surface area contributed by atoms with E-state index in [1.807, 2.05) is 0 Å². The molecule has 8 fully saturated rings. The largest absolute Gasteiger partial charge is 0.242 e. The molecule has 0 aromatic heterocycles. The summed E-state index contributed by atoms with van der Waals surface area (Å²) in [7, 11) is 0.663. The van der Waals surface area contributed by atoms with Crippen molar-refractivity contribution in [3.05, 3.63) is 64.7 Å². The highest BCUT2D eigenvalue weighted by molar-refractivity contribution is 7.84. The Bertz CT molecular complexity index is 1320. The first-order valence-corrected chi connectivity index (χ1v) is 20.5. The third-order valence-electron chi connectivity index (χ3n) is 13.1. The van der Waals surface area contributed by atoms with Crippen LogP contribution in [0.25, 0.3) is 0 Å². The summed E-state index contributed by atoms with van der Waals surface area (Å²) < 4.78 is 16.2. The molecule has 2 aromatic carbocycles. The summed E-state index contributed by atoms with van der Waals surface area (Å²) in [6.45, 7) is 10.9. The van der Waals surface area contributed by atoms with Crippen molar-refractivity contribution in [2.75, 3.05) is 7.05 Å². The second kappa shape index (κ2) is 10.8. The van der Waals surface area contributed by atoms with Gasteiger partial charge in [-0.2, -0.15) is 0 Å². The van der Waals surface area contributed by atoms with Gasteiger partial charge in [-0.25, -0.2) is 8.51 Å². The Labute approximate surface area is 271 Å². The smallest absolute Gasteiger partial charge is 0.100 e. The molecule has 4 heteroatoms. The Kier molecular flexibility index (Phi) is 7.41. The van der Waals surface area contributed by atoms with Gasteiger partial charge in [-0.05, 0) is 174 Å². The molecule has 238 valence electrons. The molecular weight excluding hydrogens is 573 g/mol. The molecule has 2 nitrogen and oxygen atoms in total. The van der Waals surface area contributed by atoms with Crippen molar-refractivity contribution >= 4 is 24.2 Å². The van der Waals surface area contributed by atoms with E-state index in [0.29, 0.717) is 10.3 Å². The number of hydrogen-bond donors (Lipinski definition) is 0. The van der Waals surface area contributed by atoms with Crippen molar-refractivity contribution in [2.45, 2.75) is 133 Å². The summed E-state index contributed by atoms with van der Waals surface area (Å²) in [5.41, 5.74) is 5.42. The third kappa shape index (κ3) is 5.04. The molecule has 8 aliphatic rings. The van der Waals surface area contributed by atoms with Gasteiger partial charge in [0.05, 0.1) is 10.8 Å². The number of aryl methyl sites for hydroxylation is 2. The minimum Gasteiger partial charge on any atom is -0.242 e. The molecule has 10 rings (SSSR count). The molecule has 0 amide bonds. The molecular formula is C40H56NOPS. The van der Waals surface area contributed by atoms with Gasteiger partial charge in [0.25, 0.3) is 0 Å². The molecule has 0 saturated heterocycles. The van der Waals surface area contributed by atoms with Gasteiger partial charge in [0, 0.05) is 7.05 Å². The number of benzene rings is 2. The normalized spacial score (nSPS) is 39.2. The van der Waals surface area contributed by atoms with Gasteiger partial charge in [-0.15, -0.1) is 0 Å². The lowest BCUT2D eigenvalue weighted by molar-refractivity contribution is 0.0195. The molecule has 1 unspecified atom stereocenters. The van der Waals surface area contributed by atoms with Crippen LogP contribution in [0.2, 0.25) is 0 Å². The second-order valence-corrected chi connectivity index (χ2v) is 23.3. The number of rotatable bonds is 7. The summed E-state index contributed by atoms with van der Waals surface area (Å²) in [5, 5.41) is 2.75. The average Bonchev–Trinajstić information content (AvgIpc) is 2.91. The molecule has 8 saturated carbocycles. The quantitative estimate of drug-likeness (QED) is 0.279. The van der Waals surface area contributed by atoms with Gasteiger partial charge in [0.1, 0.15) is 11.0 Å². The molecule has 0 N–H and O–H groups in total. The van der Waals surface area contributed by atoms with E-state index in [4.69, 9.17) is 0 Å². The minimum atomic E-state index is -1.13. The minimum absolute atomic E-state index is 0.00215. The first-order chi connectivity index (χ1) is 20.9. The molecule has 0 radical (unpaired) electrons. The van der Waals surface area contributed by atoms with Crippen LogP contribution in [0.1, 0.15) is 126 Å². The Morgan fingerprint density at radius 2 is 1.14 bits per heavy atom. The van der Waals surface area contributed by atoms with E-state index in [9.17, 15) is 4.21 Å². The zero-order valence-electron chi connectivity index (χ0n) is 28.3. The van der Waals surface area contributed by atoms with E-state index in [0.717, 1.165) is 35.5 Å². The summed E-state index contributed by atoms with van der Waals surface area (Å²) in [6.07, 6.45) is 18.1. The highest BCUT2D eigenvalue weighted by Gasteiger charge is 2.63. The molecule has 0 heterocycles. The molecule has 8 aliphatic carbocycles. The van der Waals surface area contributed by atoms with Crippen molar-refractivity contribution in [1.82, 2.24) is 4.31 Å². The lowest BCUT2D eigenvalue weighted by atomic mass is 9.55. The van der Waals surface area contributed by atoms with E-state index in [2.05, 4.69) is 88.4 Å². The van der Waals surface area contributed by atoms with Crippen LogP contribution >= 0.6 is 7.92 Å². The standard InChI is InChI=1S/C40H56NOPS/c1-26-11-27(2)13-34(12-26)37(41(6)44(42)38(3,4)5)35-9-7-8-10-36(35)43(39-20-28-14-29(21-39)16-30(15-28)22-39)40-23-31-17-32(24-40)19-33(18-31)25-40/h7-13,28-33,37H,14-25H2,1-6H3/t28?,29?,30?,31?,32?,33?,37-,39?,40?,43?,44?/m0/s1. The molecule has 2 aromatic rings. The van der Waals surface area contributed by atoms with Gasteiger partial charge in [0.2, 0.25) is 0 Å². The topological polar surface area (TPSA) is 20.3 Å². The van der Waals surface area contributed by atoms with Gasteiger partial charge >= 0.3 is 0 Å². The first kappa shape index (κ1) is 30.3. The van der Waals surface area contributed by atoms with Crippen LogP contribution in [-0.2, 0) is 11.0 Å². The van der Waals surface area contributed by atoms with Crippen molar-refractivity contribution in [3.63, 3.8) is 0 Å². The second-order valence-electron chi connectivity index (χ2n) is 17.9. The third-order valence-corrected chi connectivity index (χ3v) is 18.8. The van der Waals surface area contributed by atoms with Gasteiger partial charge < -0.3 is 0 Å². The molecule has 8 bridgehead atoms. The Morgan fingerprint density at radius 1 is 0.727 bits per heavy atom. The van der Waals surface area contributed by atoms with E-state index >= 15 is 0 Å². The van der Waals surface area contributed by atoms with E-state index in [-0.39, 0.29) is 18.7 Å². The average molecular weight is 630 g/mol. The zero-order valence-corrected chi connectivity index (χ0v) is 30.0. The lowest BCUT2D eigenvalue weighted by Gasteiger charge is -2.67. The molecule has 0 aliphatic heterocycles. The maximum atomic E-state index is 14.3. The fourth-order valence-electron chi connectivity index (χ4n) is 12.9. The van der Waals surface area contributed by atoms with Crippen molar-refractivity contribution in [1.29, 1.82) is 0 Å². The maximum absolute atomic E-state index is 14.3.